The first kappa shape index (κ1) is 31.0. The van der Waals surface area contributed by atoms with Gasteiger partial charge in [-0.2, -0.15) is 13.2 Å². The molecular formula is C29H20ClF4N5O6. The fraction of sp³-hybridized carbons (Fsp3) is 0.138. The van der Waals surface area contributed by atoms with Crippen LogP contribution in [-0.2, 0) is 6.18 Å². The van der Waals surface area contributed by atoms with Crippen molar-refractivity contribution in [2.24, 2.45) is 0 Å². The number of halogens is 5. The number of carbonyl (C=O) groups excluding carboxylic acids is 1. The molecule has 1 amide bonds. The highest BCUT2D eigenvalue weighted by Crippen LogP contribution is 2.35. The number of alkyl halides is 3. The van der Waals surface area contributed by atoms with E-state index in [4.69, 9.17) is 30.5 Å². The van der Waals surface area contributed by atoms with E-state index < -0.39 is 40.6 Å². The van der Waals surface area contributed by atoms with Crippen LogP contribution in [-0.4, -0.2) is 46.8 Å². The Morgan fingerprint density at radius 2 is 1.71 bits per heavy atom. The van der Waals surface area contributed by atoms with Crippen molar-refractivity contribution >= 4 is 34.2 Å². The maximum atomic E-state index is 15.1. The summed E-state index contributed by atoms with van der Waals surface area (Å²) in [4.78, 5) is 38.7. The molecule has 16 heteroatoms. The molecule has 1 N–H and O–H groups in total. The lowest BCUT2D eigenvalue weighted by molar-refractivity contribution is -0.142. The number of hydrogen-bond acceptors (Lipinski definition) is 9. The molecule has 232 valence electrons. The van der Waals surface area contributed by atoms with E-state index in [1.807, 2.05) is 0 Å². The molecule has 0 saturated heterocycles. The zero-order valence-electron chi connectivity index (χ0n) is 23.4. The van der Waals surface area contributed by atoms with Gasteiger partial charge in [0.2, 0.25) is 0 Å². The van der Waals surface area contributed by atoms with Crippen molar-refractivity contribution in [3.05, 3.63) is 93.4 Å². The molecule has 4 heterocycles. The number of amides is 1. The Morgan fingerprint density at radius 1 is 0.933 bits per heavy atom. The monoisotopic (exact) mass is 645 g/mol. The minimum atomic E-state index is -4.98. The first-order valence-corrected chi connectivity index (χ1v) is 13.0. The molecule has 4 aromatic heterocycles. The zero-order chi connectivity index (χ0) is 32.5. The van der Waals surface area contributed by atoms with Crippen LogP contribution in [0.5, 0.6) is 29.0 Å². The van der Waals surface area contributed by atoms with Gasteiger partial charge in [0.1, 0.15) is 22.5 Å². The van der Waals surface area contributed by atoms with Crippen molar-refractivity contribution in [3.8, 4) is 34.7 Å². The quantitative estimate of drug-likeness (QED) is 0.200. The average molecular weight is 646 g/mol. The summed E-state index contributed by atoms with van der Waals surface area (Å²) in [5.74, 6) is -1.90. The summed E-state index contributed by atoms with van der Waals surface area (Å²) in [5, 5.41) is 2.02. The van der Waals surface area contributed by atoms with E-state index in [2.05, 4.69) is 20.3 Å². The molecule has 0 aliphatic carbocycles. The van der Waals surface area contributed by atoms with Crippen LogP contribution in [0, 0.1) is 5.82 Å². The van der Waals surface area contributed by atoms with Crippen LogP contribution < -0.4 is 29.8 Å². The third-order valence-electron chi connectivity index (χ3n) is 6.31. The van der Waals surface area contributed by atoms with Gasteiger partial charge in [0.15, 0.2) is 17.3 Å². The number of rotatable bonds is 8. The Balaban J connectivity index is 1.45. The third kappa shape index (κ3) is 6.15. The summed E-state index contributed by atoms with van der Waals surface area (Å²) in [6, 6.07) is 8.75. The van der Waals surface area contributed by atoms with Crippen LogP contribution in [0.4, 0.5) is 23.2 Å². The van der Waals surface area contributed by atoms with Gasteiger partial charge >= 0.3 is 6.18 Å². The van der Waals surface area contributed by atoms with E-state index in [0.717, 1.165) is 18.3 Å². The molecule has 0 unspecified atom stereocenters. The lowest BCUT2D eigenvalue weighted by Gasteiger charge is -2.18. The summed E-state index contributed by atoms with van der Waals surface area (Å²) >= 11 is 6.16. The number of methoxy groups -OCH3 is 3. The second-order valence-corrected chi connectivity index (χ2v) is 9.44. The molecule has 0 atom stereocenters. The first-order valence-electron chi connectivity index (χ1n) is 12.6. The molecule has 0 bridgehead atoms. The Bertz CT molecular complexity index is 2000. The number of hydrogen-bond donors (Lipinski definition) is 1. The van der Waals surface area contributed by atoms with Crippen LogP contribution in [0.15, 0.2) is 65.7 Å². The van der Waals surface area contributed by atoms with Crippen LogP contribution in [0.2, 0.25) is 5.02 Å². The third-order valence-corrected chi connectivity index (χ3v) is 6.61. The van der Waals surface area contributed by atoms with Gasteiger partial charge in [-0.3, -0.25) is 19.1 Å². The minimum Gasteiger partial charge on any atom is -0.497 e. The number of nitrogens with one attached hydrogen (secondary N) is 1. The summed E-state index contributed by atoms with van der Waals surface area (Å²) in [6.07, 6.45) is -2.55. The van der Waals surface area contributed by atoms with Gasteiger partial charge < -0.3 is 24.3 Å². The smallest absolute Gasteiger partial charge is 0.431 e. The normalized spacial score (nSPS) is 11.3. The number of aromatic nitrogens is 4. The number of fused-ring (bicyclic) bond motifs is 1. The molecule has 0 fully saturated rings. The summed E-state index contributed by atoms with van der Waals surface area (Å²) in [6.45, 7) is 0. The van der Waals surface area contributed by atoms with Gasteiger partial charge in [-0.15, -0.1) is 0 Å². The van der Waals surface area contributed by atoms with E-state index in [-0.39, 0.29) is 43.9 Å². The molecule has 11 nitrogen and oxygen atoms in total. The average Bonchev–Trinajstić information content (AvgIpc) is 3.01. The van der Waals surface area contributed by atoms with Crippen LogP contribution in [0.1, 0.15) is 16.1 Å². The Morgan fingerprint density at radius 3 is 2.36 bits per heavy atom. The fourth-order valence-electron chi connectivity index (χ4n) is 4.23. The van der Waals surface area contributed by atoms with Crippen LogP contribution in [0.3, 0.4) is 0 Å². The van der Waals surface area contributed by atoms with Gasteiger partial charge in [-0.1, -0.05) is 11.6 Å². The molecule has 5 rings (SSSR count). The summed E-state index contributed by atoms with van der Waals surface area (Å²) in [5.41, 5.74) is -3.38. The second kappa shape index (κ2) is 12.3. The Kier molecular flexibility index (Phi) is 8.46. The molecule has 45 heavy (non-hydrogen) atoms. The van der Waals surface area contributed by atoms with Gasteiger partial charge in [0.25, 0.3) is 23.2 Å². The van der Waals surface area contributed by atoms with Gasteiger partial charge in [-0.05, 0) is 24.3 Å². The number of ether oxygens (including phenoxy) is 4. The molecule has 0 spiro atoms. The lowest BCUT2D eigenvalue weighted by atomic mass is 10.2. The predicted octanol–water partition coefficient (Wildman–Crippen LogP) is 6.06. The van der Waals surface area contributed by atoms with Crippen LogP contribution in [0.25, 0.3) is 16.7 Å². The predicted molar refractivity (Wildman–Crippen MR) is 153 cm³/mol. The van der Waals surface area contributed by atoms with E-state index in [0.29, 0.717) is 23.4 Å². The molecule has 1 aromatic carbocycles. The molecular weight excluding hydrogens is 626 g/mol. The van der Waals surface area contributed by atoms with Crippen LogP contribution >= 0.6 is 11.6 Å². The number of carbonyl (C=O) groups is 1. The number of anilines is 1. The molecule has 0 aliphatic heterocycles. The number of pyridine rings is 4. The highest BCUT2D eigenvalue weighted by molar-refractivity contribution is 6.32. The van der Waals surface area contributed by atoms with Gasteiger partial charge in [0.05, 0.1) is 49.4 Å². The fourth-order valence-corrected chi connectivity index (χ4v) is 4.48. The van der Waals surface area contributed by atoms with Gasteiger partial charge in [-0.25, -0.2) is 14.4 Å². The molecule has 5 aromatic rings. The standard InChI is InChI=1S/C29H20ClF4N5O6/c1-42-15-4-6-20(17(30)11-15)39-23(29(32,33)34)7-5-16(28(39)41)25(40)37-14-10-18(31)26(36-13-14)45-21-8-9-35-19-12-22(43-2)27(44-3)38-24(19)21/h4-13H,1-3H3,(H,37,40). The minimum absolute atomic E-state index is 0.0756. The highest BCUT2D eigenvalue weighted by Gasteiger charge is 2.36. The molecule has 0 saturated carbocycles. The van der Waals surface area contributed by atoms with E-state index in [1.54, 1.807) is 6.07 Å². The van der Waals surface area contributed by atoms with Gasteiger partial charge in [0, 0.05) is 30.5 Å². The largest absolute Gasteiger partial charge is 0.497 e. The van der Waals surface area contributed by atoms with E-state index in [9.17, 15) is 22.8 Å². The highest BCUT2D eigenvalue weighted by atomic mass is 35.5. The summed E-state index contributed by atoms with van der Waals surface area (Å²) < 4.78 is 78.0. The van der Waals surface area contributed by atoms with Crippen molar-refractivity contribution in [3.63, 3.8) is 0 Å². The second-order valence-electron chi connectivity index (χ2n) is 9.03. The number of nitrogens with zero attached hydrogens (tertiary/aromatic N) is 4. The van der Waals surface area contributed by atoms with Crippen molar-refractivity contribution in [2.45, 2.75) is 6.18 Å². The van der Waals surface area contributed by atoms with Crippen molar-refractivity contribution in [2.75, 3.05) is 26.6 Å². The van der Waals surface area contributed by atoms with E-state index >= 15 is 4.39 Å². The van der Waals surface area contributed by atoms with E-state index in [1.165, 1.54) is 45.7 Å². The van der Waals surface area contributed by atoms with Crippen molar-refractivity contribution in [1.29, 1.82) is 0 Å². The molecule has 0 radical (unpaired) electrons. The zero-order valence-corrected chi connectivity index (χ0v) is 24.2. The SMILES string of the molecule is COc1ccc(-n2c(C(F)(F)F)ccc(C(=O)Nc3cnc(Oc4ccnc5cc(OC)c(OC)nc45)c(F)c3)c2=O)c(Cl)c1. The topological polar surface area (TPSA) is 127 Å². The lowest BCUT2D eigenvalue weighted by Crippen LogP contribution is -2.32. The number of benzene rings is 1. The van der Waals surface area contributed by atoms with Crippen molar-refractivity contribution < 1.29 is 41.3 Å². The Hall–Kier alpha value is -5.44. The maximum absolute atomic E-state index is 15.1. The van der Waals surface area contributed by atoms with Crippen molar-refractivity contribution in [1.82, 2.24) is 19.5 Å². The molecule has 0 aliphatic rings. The maximum Gasteiger partial charge on any atom is 0.431 e. The Labute approximate surface area is 255 Å². The summed E-state index contributed by atoms with van der Waals surface area (Å²) in [7, 11) is 4.14. The first-order chi connectivity index (χ1) is 21.4.